The van der Waals surface area contributed by atoms with Gasteiger partial charge in [-0.3, -0.25) is 4.90 Å². The van der Waals surface area contributed by atoms with Crippen molar-refractivity contribution in [1.29, 1.82) is 0 Å². The molecule has 0 aliphatic carbocycles. The molecule has 1 fully saturated rings. The van der Waals surface area contributed by atoms with E-state index in [0.717, 1.165) is 26.2 Å². The Kier molecular flexibility index (Phi) is 5.30. The third-order valence-electron chi connectivity index (χ3n) is 4.38. The van der Waals surface area contributed by atoms with Gasteiger partial charge in [0.05, 0.1) is 0 Å². The van der Waals surface area contributed by atoms with Crippen LogP contribution in [0.1, 0.15) is 24.1 Å². The van der Waals surface area contributed by atoms with Gasteiger partial charge in [-0.15, -0.1) is 0 Å². The van der Waals surface area contributed by atoms with Crippen LogP contribution in [0.2, 0.25) is 0 Å². The lowest BCUT2D eigenvalue weighted by atomic mass is 10.0. The molecule has 1 aromatic rings. The smallest absolute Gasteiger partial charge is 0.128 e. The summed E-state index contributed by atoms with van der Waals surface area (Å²) in [7, 11) is 4.22. The third kappa shape index (κ3) is 3.99. The van der Waals surface area contributed by atoms with E-state index in [1.807, 2.05) is 6.92 Å². The average molecular weight is 297 g/mol. The van der Waals surface area contributed by atoms with Crippen LogP contribution in [0.5, 0.6) is 0 Å². The number of aryl methyl sites for hydroxylation is 1. The summed E-state index contributed by atoms with van der Waals surface area (Å²) in [5.41, 5.74) is 0.738. The van der Waals surface area contributed by atoms with E-state index in [1.54, 1.807) is 6.92 Å². The fourth-order valence-corrected chi connectivity index (χ4v) is 2.74. The van der Waals surface area contributed by atoms with Crippen LogP contribution in [0.15, 0.2) is 12.1 Å². The number of piperazine rings is 1. The van der Waals surface area contributed by atoms with E-state index >= 15 is 0 Å². The van der Waals surface area contributed by atoms with Crippen LogP contribution in [0.25, 0.3) is 0 Å². The fourth-order valence-electron chi connectivity index (χ4n) is 2.74. The van der Waals surface area contributed by atoms with Crippen molar-refractivity contribution in [3.05, 3.63) is 34.9 Å². The lowest BCUT2D eigenvalue weighted by molar-refractivity contribution is 0.111. The van der Waals surface area contributed by atoms with E-state index in [1.165, 1.54) is 12.1 Å². The predicted octanol–water partition coefficient (Wildman–Crippen LogP) is 2.17. The molecule has 2 rings (SSSR count). The Labute approximate surface area is 125 Å². The van der Waals surface area contributed by atoms with Gasteiger partial charge < -0.3 is 10.2 Å². The molecule has 2 atom stereocenters. The molecule has 0 spiro atoms. The largest absolute Gasteiger partial charge is 0.308 e. The minimum absolute atomic E-state index is 0.208. The molecular weight excluding hydrogens is 272 g/mol. The summed E-state index contributed by atoms with van der Waals surface area (Å²) in [6.07, 6.45) is 0. The second-order valence-corrected chi connectivity index (χ2v) is 6.15. The van der Waals surface area contributed by atoms with Gasteiger partial charge in [-0.1, -0.05) is 0 Å². The minimum atomic E-state index is -0.352. The van der Waals surface area contributed by atoms with Gasteiger partial charge in [-0.25, -0.2) is 8.78 Å². The maximum Gasteiger partial charge on any atom is 0.128 e. The van der Waals surface area contributed by atoms with E-state index in [4.69, 9.17) is 0 Å². The quantitative estimate of drug-likeness (QED) is 0.919. The van der Waals surface area contributed by atoms with Gasteiger partial charge in [0, 0.05) is 43.8 Å². The Morgan fingerprint density at radius 1 is 1.24 bits per heavy atom. The monoisotopic (exact) mass is 297 g/mol. The Balaban J connectivity index is 1.98. The number of benzene rings is 1. The van der Waals surface area contributed by atoms with Crippen LogP contribution in [0.4, 0.5) is 8.78 Å². The van der Waals surface area contributed by atoms with Crippen molar-refractivity contribution in [3.63, 3.8) is 0 Å². The maximum atomic E-state index is 14.0. The normalized spacial score (nSPS) is 22.5. The van der Waals surface area contributed by atoms with Crippen LogP contribution in [0.3, 0.4) is 0 Å². The summed E-state index contributed by atoms with van der Waals surface area (Å²) in [6, 6.07) is 2.76. The summed E-state index contributed by atoms with van der Waals surface area (Å²) in [4.78, 5) is 4.61. The molecule has 1 aromatic carbocycles. The van der Waals surface area contributed by atoms with Crippen LogP contribution >= 0.6 is 0 Å². The lowest BCUT2D eigenvalue weighted by Gasteiger charge is -2.38. The number of hydrogen-bond acceptors (Lipinski definition) is 3. The molecule has 1 N–H and O–H groups in total. The molecule has 1 aliphatic rings. The van der Waals surface area contributed by atoms with Crippen LogP contribution in [0, 0.1) is 18.6 Å². The molecule has 5 heteroatoms. The number of nitrogens with zero attached hydrogens (tertiary/aromatic N) is 2. The molecule has 21 heavy (non-hydrogen) atoms. The van der Waals surface area contributed by atoms with Gasteiger partial charge in [-0.05, 0) is 45.6 Å². The number of nitrogens with one attached hydrogen (secondary N) is 1. The highest BCUT2D eigenvalue weighted by Gasteiger charge is 2.23. The summed E-state index contributed by atoms with van der Waals surface area (Å²) in [5, 5.41) is 3.33. The number of rotatable bonds is 4. The molecule has 0 bridgehead atoms. The molecule has 0 saturated carbocycles. The van der Waals surface area contributed by atoms with Crippen molar-refractivity contribution in [2.45, 2.75) is 25.9 Å². The SMILES string of the molecule is Cc1cc(F)c(C(C)NCC2CN(C)CCN2C)cc1F. The second kappa shape index (κ2) is 6.81. The fraction of sp³-hybridized carbons (Fsp3) is 0.625. The Hall–Kier alpha value is -1.04. The van der Waals surface area contributed by atoms with Gasteiger partial charge in [0.2, 0.25) is 0 Å². The summed E-state index contributed by atoms with van der Waals surface area (Å²) < 4.78 is 27.6. The topological polar surface area (TPSA) is 18.5 Å². The molecule has 1 aliphatic heterocycles. The van der Waals surface area contributed by atoms with E-state index in [2.05, 4.69) is 29.2 Å². The molecule has 3 nitrogen and oxygen atoms in total. The highest BCUT2D eigenvalue weighted by molar-refractivity contribution is 5.27. The number of likely N-dealkylation sites (N-methyl/N-ethyl adjacent to an activating group) is 2. The summed E-state index contributed by atoms with van der Waals surface area (Å²) >= 11 is 0. The molecule has 1 saturated heterocycles. The summed E-state index contributed by atoms with van der Waals surface area (Å²) in [5.74, 6) is -0.697. The van der Waals surface area contributed by atoms with Crippen molar-refractivity contribution in [2.24, 2.45) is 0 Å². The van der Waals surface area contributed by atoms with E-state index < -0.39 is 0 Å². The molecule has 1 heterocycles. The van der Waals surface area contributed by atoms with E-state index in [9.17, 15) is 8.78 Å². The van der Waals surface area contributed by atoms with Gasteiger partial charge in [0.25, 0.3) is 0 Å². The highest BCUT2D eigenvalue weighted by Crippen LogP contribution is 2.20. The second-order valence-electron chi connectivity index (χ2n) is 6.15. The zero-order valence-corrected chi connectivity index (χ0v) is 13.3. The van der Waals surface area contributed by atoms with Gasteiger partial charge in [-0.2, -0.15) is 0 Å². The summed E-state index contributed by atoms with van der Waals surface area (Å²) in [6.45, 7) is 7.30. The molecule has 0 radical (unpaired) electrons. The van der Waals surface area contributed by atoms with E-state index in [-0.39, 0.29) is 17.7 Å². The molecule has 2 unspecified atom stereocenters. The van der Waals surface area contributed by atoms with Crippen molar-refractivity contribution in [3.8, 4) is 0 Å². The van der Waals surface area contributed by atoms with Crippen molar-refractivity contribution < 1.29 is 8.78 Å². The Bertz CT molecular complexity index is 493. The molecular formula is C16H25F2N3. The standard InChI is InChI=1S/C16H25F2N3/c1-11-7-16(18)14(8-15(11)17)12(2)19-9-13-10-20(3)5-6-21(13)4/h7-8,12-13,19H,5-6,9-10H2,1-4H3. The first-order chi connectivity index (χ1) is 9.88. The van der Waals surface area contributed by atoms with E-state index in [0.29, 0.717) is 17.2 Å². The van der Waals surface area contributed by atoms with Crippen LogP contribution in [-0.2, 0) is 0 Å². The molecule has 0 amide bonds. The van der Waals surface area contributed by atoms with Crippen molar-refractivity contribution in [2.75, 3.05) is 40.3 Å². The van der Waals surface area contributed by atoms with Crippen molar-refractivity contribution >= 4 is 0 Å². The molecule has 0 aromatic heterocycles. The first-order valence-corrected chi connectivity index (χ1v) is 7.46. The number of hydrogen-bond donors (Lipinski definition) is 1. The maximum absolute atomic E-state index is 14.0. The number of halogens is 2. The zero-order valence-electron chi connectivity index (χ0n) is 13.3. The van der Waals surface area contributed by atoms with Gasteiger partial charge >= 0.3 is 0 Å². The lowest BCUT2D eigenvalue weighted by Crippen LogP contribution is -2.53. The Morgan fingerprint density at radius 2 is 1.95 bits per heavy atom. The van der Waals surface area contributed by atoms with Crippen LogP contribution < -0.4 is 5.32 Å². The average Bonchev–Trinajstić information content (AvgIpc) is 2.43. The Morgan fingerprint density at radius 3 is 2.67 bits per heavy atom. The minimum Gasteiger partial charge on any atom is -0.308 e. The van der Waals surface area contributed by atoms with Crippen LogP contribution in [-0.4, -0.2) is 56.1 Å². The van der Waals surface area contributed by atoms with Crippen molar-refractivity contribution in [1.82, 2.24) is 15.1 Å². The molecule has 118 valence electrons. The first-order valence-electron chi connectivity index (χ1n) is 7.46. The van der Waals surface area contributed by atoms with Gasteiger partial charge in [0.1, 0.15) is 11.6 Å². The third-order valence-corrected chi connectivity index (χ3v) is 4.38. The first kappa shape index (κ1) is 16.3. The highest BCUT2D eigenvalue weighted by atomic mass is 19.1. The predicted molar refractivity (Wildman–Crippen MR) is 81.4 cm³/mol. The zero-order chi connectivity index (χ0) is 15.6. The van der Waals surface area contributed by atoms with Gasteiger partial charge in [0.15, 0.2) is 0 Å².